The number of para-hydroxylation sites is 1. The maximum atomic E-state index is 14.2. The van der Waals surface area contributed by atoms with Crippen LogP contribution in [-0.4, -0.2) is 51.6 Å². The van der Waals surface area contributed by atoms with Crippen molar-refractivity contribution in [2.24, 2.45) is 17.8 Å². The highest BCUT2D eigenvalue weighted by Gasteiger charge is 2.49. The number of anilines is 1. The number of amides is 3. The largest absolute Gasteiger partial charge is 0.381 e. The highest BCUT2D eigenvalue weighted by molar-refractivity contribution is 5.82. The van der Waals surface area contributed by atoms with Crippen LogP contribution in [0, 0.1) is 17.8 Å². The lowest BCUT2D eigenvalue weighted by atomic mass is 9.75. The number of urea groups is 1. The molecule has 6 atom stereocenters. The summed E-state index contributed by atoms with van der Waals surface area (Å²) in [6, 6.07) is 8.60. The number of nitrogens with one attached hydrogen (secondary N) is 3. The highest BCUT2D eigenvalue weighted by atomic mass is 16.2. The van der Waals surface area contributed by atoms with Crippen molar-refractivity contribution in [2.75, 3.05) is 18.4 Å². The number of rotatable bonds is 7. The van der Waals surface area contributed by atoms with Gasteiger partial charge in [-0.2, -0.15) is 0 Å². The zero-order valence-electron chi connectivity index (χ0n) is 22.5. The molecule has 8 nitrogen and oxygen atoms in total. The van der Waals surface area contributed by atoms with E-state index < -0.39 is 0 Å². The second kappa shape index (κ2) is 11.7. The molecule has 8 heteroatoms. The molecule has 1 saturated heterocycles. The number of imidazole rings is 1. The summed E-state index contributed by atoms with van der Waals surface area (Å²) in [6.07, 6.45) is 20.9. The number of benzene rings is 1. The van der Waals surface area contributed by atoms with Crippen LogP contribution < -0.4 is 16.0 Å². The van der Waals surface area contributed by atoms with Crippen molar-refractivity contribution < 1.29 is 9.59 Å². The minimum atomic E-state index is -0.174. The molecule has 39 heavy (non-hydrogen) atoms. The summed E-state index contributed by atoms with van der Waals surface area (Å²) in [7, 11) is 0. The average Bonchev–Trinajstić information content (AvgIpc) is 3.66. The molecule has 3 N–H and O–H groups in total. The van der Waals surface area contributed by atoms with Crippen LogP contribution in [0.15, 0.2) is 67.3 Å². The lowest BCUT2D eigenvalue weighted by Crippen LogP contribution is -2.52. The van der Waals surface area contributed by atoms with Crippen molar-refractivity contribution >= 4 is 17.6 Å². The first-order chi connectivity index (χ1) is 19.2. The van der Waals surface area contributed by atoms with Gasteiger partial charge in [-0.1, -0.05) is 55.3 Å². The molecule has 3 amide bonds. The highest BCUT2D eigenvalue weighted by Crippen LogP contribution is 2.49. The van der Waals surface area contributed by atoms with E-state index in [0.717, 1.165) is 63.7 Å². The molecule has 6 rings (SSSR count). The van der Waals surface area contributed by atoms with Gasteiger partial charge >= 0.3 is 6.03 Å². The Balaban J connectivity index is 1.13. The van der Waals surface area contributed by atoms with Crippen LogP contribution in [0.2, 0.25) is 0 Å². The predicted molar refractivity (Wildman–Crippen MR) is 152 cm³/mol. The Morgan fingerprint density at radius 3 is 2.85 bits per heavy atom. The quantitative estimate of drug-likeness (QED) is 0.457. The second-order valence-corrected chi connectivity index (χ2v) is 11.5. The van der Waals surface area contributed by atoms with Crippen molar-refractivity contribution in [2.45, 2.75) is 69.6 Å². The van der Waals surface area contributed by atoms with Crippen LogP contribution in [-0.2, 0) is 11.3 Å². The van der Waals surface area contributed by atoms with E-state index in [1.807, 2.05) is 10.8 Å². The Labute approximate surface area is 230 Å². The van der Waals surface area contributed by atoms with Crippen molar-refractivity contribution in [3.63, 3.8) is 0 Å². The van der Waals surface area contributed by atoms with Gasteiger partial charge in [-0.05, 0) is 43.7 Å². The number of nitrogens with zero attached hydrogens (tertiary/aromatic N) is 3. The minimum absolute atomic E-state index is 0.0823. The first-order valence-electron chi connectivity index (χ1n) is 14.7. The van der Waals surface area contributed by atoms with E-state index in [1.165, 1.54) is 5.56 Å². The summed E-state index contributed by atoms with van der Waals surface area (Å²) in [5.74, 6) is 0.834. The Kier molecular flexibility index (Phi) is 7.70. The van der Waals surface area contributed by atoms with Crippen molar-refractivity contribution in [3.05, 3.63) is 72.9 Å². The lowest BCUT2D eigenvalue weighted by molar-refractivity contribution is -0.138. The molecule has 2 aliphatic heterocycles. The fraction of sp³-hybridized carbons (Fsp3) is 0.516. The van der Waals surface area contributed by atoms with Crippen LogP contribution in [0.3, 0.4) is 0 Å². The van der Waals surface area contributed by atoms with Gasteiger partial charge in [0.15, 0.2) is 0 Å². The Bertz CT molecular complexity index is 1210. The van der Waals surface area contributed by atoms with Gasteiger partial charge in [-0.3, -0.25) is 4.79 Å². The molecule has 0 bridgehead atoms. The number of aromatic nitrogens is 2. The van der Waals surface area contributed by atoms with Crippen molar-refractivity contribution in [1.29, 1.82) is 0 Å². The van der Waals surface area contributed by atoms with Crippen molar-refractivity contribution in [1.82, 2.24) is 25.1 Å². The molecule has 2 aliphatic carbocycles. The first kappa shape index (κ1) is 25.7. The van der Waals surface area contributed by atoms with Gasteiger partial charge in [0.2, 0.25) is 5.91 Å². The molecule has 2 aromatic rings. The molecular formula is C31H40N6O2. The van der Waals surface area contributed by atoms with Crippen LogP contribution in [0.1, 0.15) is 56.6 Å². The number of fused-ring (bicyclic) bond motifs is 3. The van der Waals surface area contributed by atoms with Gasteiger partial charge in [0.25, 0.3) is 0 Å². The average molecular weight is 529 g/mol. The van der Waals surface area contributed by atoms with Crippen LogP contribution in [0.25, 0.3) is 0 Å². The number of aryl methyl sites for hydroxylation is 1. The standard InChI is InChI=1S/C31H40N6O2/c38-30(24-12-5-7-14-27(24)35-31(39)33-16-8-18-36-20-17-32-21-36)37-19-15-25-28(22-9-2-1-3-10-22)34-26-13-6-4-11-23(26)29(25)37/h1-4,6,9,11,13,17,20-22,24-25,27-29,34H,5,7-8,10,12,14-16,18-19H2,(H2,33,35,39)/t22?,24-,25+,27+,28-,29-/m0/s1. The van der Waals surface area contributed by atoms with Gasteiger partial charge in [-0.15, -0.1) is 0 Å². The smallest absolute Gasteiger partial charge is 0.315 e. The van der Waals surface area contributed by atoms with Gasteiger partial charge in [0.05, 0.1) is 18.3 Å². The molecule has 1 unspecified atom stereocenters. The van der Waals surface area contributed by atoms with E-state index in [2.05, 4.69) is 74.4 Å². The third-order valence-electron chi connectivity index (χ3n) is 9.10. The fourth-order valence-electron chi connectivity index (χ4n) is 7.22. The monoisotopic (exact) mass is 528 g/mol. The zero-order chi connectivity index (χ0) is 26.6. The normalized spacial score (nSPS) is 29.3. The molecule has 4 aliphatic rings. The minimum Gasteiger partial charge on any atom is -0.381 e. The maximum absolute atomic E-state index is 14.2. The Morgan fingerprint density at radius 1 is 1.10 bits per heavy atom. The molecule has 1 aromatic carbocycles. The van der Waals surface area contributed by atoms with E-state index in [9.17, 15) is 9.59 Å². The number of hydrogen-bond donors (Lipinski definition) is 3. The SMILES string of the molecule is O=C(NCCCn1ccnc1)N[C@@H]1CCCC[C@@H]1C(=O)N1CC[C@@H]2[C@H](C3C=CC=CC3)Nc3ccccc3[C@@H]21. The van der Waals surface area contributed by atoms with Gasteiger partial charge in [0, 0.05) is 61.6 Å². The number of likely N-dealkylation sites (tertiary alicyclic amines) is 1. The molecule has 1 aromatic heterocycles. The Morgan fingerprint density at radius 2 is 2.00 bits per heavy atom. The number of carbonyl (C=O) groups excluding carboxylic acids is 2. The molecule has 0 spiro atoms. The summed E-state index contributed by atoms with van der Waals surface area (Å²) in [4.78, 5) is 33.2. The summed E-state index contributed by atoms with van der Waals surface area (Å²) in [6.45, 7) is 2.17. The predicted octanol–water partition coefficient (Wildman–Crippen LogP) is 4.65. The van der Waals surface area contributed by atoms with Crippen molar-refractivity contribution in [3.8, 4) is 0 Å². The second-order valence-electron chi connectivity index (χ2n) is 11.5. The lowest BCUT2D eigenvalue weighted by Gasteiger charge is -2.44. The van der Waals surface area contributed by atoms with E-state index in [0.29, 0.717) is 24.4 Å². The van der Waals surface area contributed by atoms with E-state index >= 15 is 0 Å². The molecule has 1 saturated carbocycles. The number of carbonyl (C=O) groups is 2. The van der Waals surface area contributed by atoms with Gasteiger partial charge in [0.1, 0.15) is 0 Å². The third-order valence-corrected chi connectivity index (χ3v) is 9.10. The first-order valence-corrected chi connectivity index (χ1v) is 14.7. The summed E-state index contributed by atoms with van der Waals surface area (Å²) in [5.41, 5.74) is 2.38. The summed E-state index contributed by atoms with van der Waals surface area (Å²) in [5, 5.41) is 10.0. The molecular weight excluding hydrogens is 488 g/mol. The summed E-state index contributed by atoms with van der Waals surface area (Å²) < 4.78 is 2.00. The summed E-state index contributed by atoms with van der Waals surface area (Å²) >= 11 is 0. The number of hydrogen-bond acceptors (Lipinski definition) is 4. The third kappa shape index (κ3) is 5.47. The topological polar surface area (TPSA) is 91.3 Å². The molecule has 2 fully saturated rings. The Hall–Kier alpha value is -3.55. The molecule has 3 heterocycles. The molecule has 0 radical (unpaired) electrons. The van der Waals surface area contributed by atoms with E-state index in [-0.39, 0.29) is 29.9 Å². The zero-order valence-corrected chi connectivity index (χ0v) is 22.5. The molecule has 206 valence electrons. The fourth-order valence-corrected chi connectivity index (χ4v) is 7.22. The van der Waals surface area contributed by atoms with Crippen LogP contribution >= 0.6 is 0 Å². The van der Waals surface area contributed by atoms with Crippen LogP contribution in [0.4, 0.5) is 10.5 Å². The van der Waals surface area contributed by atoms with Crippen LogP contribution in [0.5, 0.6) is 0 Å². The van der Waals surface area contributed by atoms with E-state index in [4.69, 9.17) is 0 Å². The van der Waals surface area contributed by atoms with Gasteiger partial charge in [-0.25, -0.2) is 9.78 Å². The van der Waals surface area contributed by atoms with Gasteiger partial charge < -0.3 is 25.4 Å². The van der Waals surface area contributed by atoms with E-state index in [1.54, 1.807) is 12.5 Å². The maximum Gasteiger partial charge on any atom is 0.315 e. The number of allylic oxidation sites excluding steroid dienone is 3.